The van der Waals surface area contributed by atoms with E-state index < -0.39 is 10.0 Å². The monoisotopic (exact) mass is 254 g/mol. The third-order valence-corrected chi connectivity index (χ3v) is 3.25. The van der Waals surface area contributed by atoms with Crippen LogP contribution in [-0.4, -0.2) is 23.9 Å². The minimum absolute atomic E-state index is 0.314. The van der Waals surface area contributed by atoms with Crippen LogP contribution in [-0.2, 0) is 16.4 Å². The van der Waals surface area contributed by atoms with E-state index in [1.165, 1.54) is 18.3 Å². The van der Waals surface area contributed by atoms with Crippen molar-refractivity contribution in [3.63, 3.8) is 0 Å². The van der Waals surface area contributed by atoms with Gasteiger partial charge in [0, 0.05) is 6.42 Å². The van der Waals surface area contributed by atoms with Gasteiger partial charge in [-0.1, -0.05) is 12.1 Å². The Morgan fingerprint density at radius 2 is 1.88 bits per heavy atom. The molecule has 0 saturated heterocycles. The third kappa shape index (κ3) is 2.71. The average Bonchev–Trinajstić information content (AvgIpc) is 2.69. The van der Waals surface area contributed by atoms with E-state index in [0.717, 1.165) is 15.9 Å². The summed E-state index contributed by atoms with van der Waals surface area (Å²) >= 11 is 0. The Bertz CT molecular complexity index is 617. The summed E-state index contributed by atoms with van der Waals surface area (Å²) in [4.78, 5) is 0. The number of hydrogen-bond donors (Lipinski definition) is 0. The number of aromatic nitrogens is 2. The molecule has 1 aromatic heterocycles. The van der Waals surface area contributed by atoms with Crippen molar-refractivity contribution in [3.05, 3.63) is 53.6 Å². The number of nitrogens with zero attached hydrogens (tertiary/aromatic N) is 2. The van der Waals surface area contributed by atoms with E-state index in [9.17, 15) is 12.8 Å². The van der Waals surface area contributed by atoms with Gasteiger partial charge in [-0.15, -0.1) is 0 Å². The fraction of sp³-hybridized carbons (Fsp3) is 0.182. The molecule has 6 heteroatoms. The normalized spacial score (nSPS) is 11.6. The standard InChI is InChI=1S/C11H11FN2O2S/c1-17(15,16)14-11(6-7-13-14)8-9-2-4-10(12)5-3-9/h2-7H,8H2,1H3. The van der Waals surface area contributed by atoms with Crippen molar-refractivity contribution in [2.45, 2.75) is 6.42 Å². The predicted octanol–water partition coefficient (Wildman–Crippen LogP) is 1.42. The van der Waals surface area contributed by atoms with Gasteiger partial charge >= 0.3 is 0 Å². The Morgan fingerprint density at radius 1 is 1.24 bits per heavy atom. The first-order chi connectivity index (χ1) is 7.97. The molecule has 0 amide bonds. The van der Waals surface area contributed by atoms with E-state index in [2.05, 4.69) is 5.10 Å². The Balaban J connectivity index is 2.31. The zero-order valence-corrected chi connectivity index (χ0v) is 9.98. The van der Waals surface area contributed by atoms with E-state index >= 15 is 0 Å². The molecule has 2 aromatic rings. The molecule has 0 spiro atoms. The average molecular weight is 254 g/mol. The summed E-state index contributed by atoms with van der Waals surface area (Å²) in [6.45, 7) is 0. The molecule has 0 atom stereocenters. The first kappa shape index (κ1) is 11.8. The fourth-order valence-electron chi connectivity index (χ4n) is 1.55. The SMILES string of the molecule is CS(=O)(=O)n1nccc1Cc1ccc(F)cc1. The van der Waals surface area contributed by atoms with Crippen molar-refractivity contribution >= 4 is 10.0 Å². The lowest BCUT2D eigenvalue weighted by Gasteiger charge is -2.04. The largest absolute Gasteiger partial charge is 0.251 e. The van der Waals surface area contributed by atoms with Crippen LogP contribution < -0.4 is 0 Å². The second kappa shape index (κ2) is 4.29. The molecule has 17 heavy (non-hydrogen) atoms. The molecule has 0 aliphatic rings. The first-order valence-corrected chi connectivity index (χ1v) is 6.79. The summed E-state index contributed by atoms with van der Waals surface area (Å²) in [5, 5.41) is 3.76. The zero-order valence-electron chi connectivity index (χ0n) is 9.17. The highest BCUT2D eigenvalue weighted by Gasteiger charge is 2.11. The van der Waals surface area contributed by atoms with Crippen molar-refractivity contribution in [2.24, 2.45) is 0 Å². The van der Waals surface area contributed by atoms with Crippen LogP contribution in [0, 0.1) is 5.82 Å². The fourth-order valence-corrected chi connectivity index (χ4v) is 2.33. The summed E-state index contributed by atoms with van der Waals surface area (Å²) in [5.74, 6) is -0.314. The van der Waals surface area contributed by atoms with Crippen molar-refractivity contribution < 1.29 is 12.8 Å². The maximum Gasteiger partial charge on any atom is 0.251 e. The molecular formula is C11H11FN2O2S. The van der Waals surface area contributed by atoms with Gasteiger partial charge < -0.3 is 0 Å². The molecule has 90 valence electrons. The second-order valence-electron chi connectivity index (χ2n) is 3.73. The van der Waals surface area contributed by atoms with Crippen molar-refractivity contribution in [2.75, 3.05) is 6.26 Å². The molecule has 1 aromatic carbocycles. The maximum atomic E-state index is 12.7. The van der Waals surface area contributed by atoms with Gasteiger partial charge in [-0.05, 0) is 23.8 Å². The first-order valence-electron chi connectivity index (χ1n) is 4.95. The Labute approximate surface area is 98.8 Å². The quantitative estimate of drug-likeness (QED) is 0.832. The van der Waals surface area contributed by atoms with E-state index in [4.69, 9.17) is 0 Å². The van der Waals surface area contributed by atoms with E-state index in [1.54, 1.807) is 18.2 Å². The summed E-state index contributed by atoms with van der Waals surface area (Å²) < 4.78 is 36.5. The van der Waals surface area contributed by atoms with Gasteiger partial charge in [0.15, 0.2) is 0 Å². The van der Waals surface area contributed by atoms with Crippen LogP contribution in [0.5, 0.6) is 0 Å². The summed E-state index contributed by atoms with van der Waals surface area (Å²) in [7, 11) is -3.39. The Hall–Kier alpha value is -1.69. The van der Waals surface area contributed by atoms with Gasteiger partial charge in [-0.3, -0.25) is 0 Å². The molecule has 0 radical (unpaired) electrons. The van der Waals surface area contributed by atoms with Crippen LogP contribution in [0.15, 0.2) is 36.5 Å². The second-order valence-corrected chi connectivity index (χ2v) is 5.54. The molecule has 0 unspecified atom stereocenters. The van der Waals surface area contributed by atoms with Crippen LogP contribution in [0.3, 0.4) is 0 Å². The molecule has 0 bridgehead atoms. The molecule has 0 fully saturated rings. The van der Waals surface area contributed by atoms with Gasteiger partial charge in [0.25, 0.3) is 10.0 Å². The zero-order chi connectivity index (χ0) is 12.5. The molecule has 4 nitrogen and oxygen atoms in total. The highest BCUT2D eigenvalue weighted by molar-refractivity contribution is 7.89. The van der Waals surface area contributed by atoms with Gasteiger partial charge in [0.2, 0.25) is 0 Å². The molecule has 0 aliphatic heterocycles. The van der Waals surface area contributed by atoms with Crippen LogP contribution >= 0.6 is 0 Å². The lowest BCUT2D eigenvalue weighted by atomic mass is 10.1. The van der Waals surface area contributed by atoms with Gasteiger partial charge in [0.05, 0.1) is 18.1 Å². The van der Waals surface area contributed by atoms with Crippen LogP contribution in [0.1, 0.15) is 11.3 Å². The van der Waals surface area contributed by atoms with Crippen molar-refractivity contribution in [1.29, 1.82) is 0 Å². The van der Waals surface area contributed by atoms with E-state index in [1.807, 2.05) is 0 Å². The summed E-state index contributed by atoms with van der Waals surface area (Å²) in [5.41, 5.74) is 1.39. The van der Waals surface area contributed by atoms with Crippen LogP contribution in [0.2, 0.25) is 0 Å². The summed E-state index contributed by atoms with van der Waals surface area (Å²) in [6, 6.07) is 7.56. The Morgan fingerprint density at radius 3 is 2.47 bits per heavy atom. The molecule has 0 aliphatic carbocycles. The Kier molecular flexibility index (Phi) is 2.97. The lowest BCUT2D eigenvalue weighted by Crippen LogP contribution is -2.15. The highest BCUT2D eigenvalue weighted by atomic mass is 32.2. The molecule has 2 rings (SSSR count). The van der Waals surface area contributed by atoms with Gasteiger partial charge in [-0.25, -0.2) is 12.8 Å². The van der Waals surface area contributed by atoms with Crippen molar-refractivity contribution in [1.82, 2.24) is 9.19 Å². The topological polar surface area (TPSA) is 52.0 Å². The third-order valence-electron chi connectivity index (χ3n) is 2.30. The lowest BCUT2D eigenvalue weighted by molar-refractivity contribution is 0.583. The van der Waals surface area contributed by atoms with Gasteiger partial charge in [-0.2, -0.15) is 9.19 Å². The van der Waals surface area contributed by atoms with Crippen LogP contribution in [0.25, 0.3) is 0 Å². The minimum Gasteiger partial charge on any atom is -0.207 e. The molecule has 1 heterocycles. The van der Waals surface area contributed by atoms with E-state index in [0.29, 0.717) is 12.1 Å². The maximum absolute atomic E-state index is 12.7. The highest BCUT2D eigenvalue weighted by Crippen LogP contribution is 2.11. The number of hydrogen-bond acceptors (Lipinski definition) is 3. The van der Waals surface area contributed by atoms with Gasteiger partial charge in [0.1, 0.15) is 5.82 Å². The summed E-state index contributed by atoms with van der Waals surface area (Å²) in [6.07, 6.45) is 2.92. The number of benzene rings is 1. The smallest absolute Gasteiger partial charge is 0.207 e. The number of rotatable bonds is 3. The molecule has 0 N–H and O–H groups in total. The predicted molar refractivity (Wildman–Crippen MR) is 61.7 cm³/mol. The van der Waals surface area contributed by atoms with Crippen molar-refractivity contribution in [3.8, 4) is 0 Å². The molecule has 0 saturated carbocycles. The number of halogens is 1. The van der Waals surface area contributed by atoms with E-state index in [-0.39, 0.29) is 5.82 Å². The van der Waals surface area contributed by atoms with Crippen LogP contribution in [0.4, 0.5) is 4.39 Å². The minimum atomic E-state index is -3.39. The molecular weight excluding hydrogens is 243 g/mol.